The molecule has 1 N–H and O–H groups in total. The maximum Gasteiger partial charge on any atom is 0.339 e. The van der Waals surface area contributed by atoms with Crippen LogP contribution in [0.25, 0.3) is 0 Å². The third-order valence-corrected chi connectivity index (χ3v) is 7.33. The zero-order valence-electron chi connectivity index (χ0n) is 18.8. The van der Waals surface area contributed by atoms with E-state index < -0.39 is 28.0 Å². The first-order valence-corrected chi connectivity index (χ1v) is 12.8. The van der Waals surface area contributed by atoms with Crippen molar-refractivity contribution in [3.63, 3.8) is 0 Å². The van der Waals surface area contributed by atoms with Gasteiger partial charge in [0, 0.05) is 5.69 Å². The Hall–Kier alpha value is -3.56. The topological polar surface area (TPSA) is 102 Å². The van der Waals surface area contributed by atoms with E-state index in [-0.39, 0.29) is 35.2 Å². The number of hydrogen-bond acceptors (Lipinski definition) is 6. The van der Waals surface area contributed by atoms with Crippen LogP contribution >= 0.6 is 11.6 Å². The Kier molecular flexibility index (Phi) is 7.28. The van der Waals surface area contributed by atoms with E-state index in [2.05, 4.69) is 5.32 Å². The Morgan fingerprint density at radius 1 is 1.09 bits per heavy atom. The average Bonchev–Trinajstić information content (AvgIpc) is 2.85. The van der Waals surface area contributed by atoms with Crippen LogP contribution in [0.3, 0.4) is 0 Å². The van der Waals surface area contributed by atoms with Gasteiger partial charge in [0.2, 0.25) is 10.0 Å². The second-order valence-corrected chi connectivity index (χ2v) is 10.1. The molecule has 1 aliphatic rings. The first-order chi connectivity index (χ1) is 16.8. The van der Waals surface area contributed by atoms with Crippen LogP contribution in [0.4, 0.5) is 11.4 Å². The minimum Gasteiger partial charge on any atom is -0.476 e. The summed E-state index contributed by atoms with van der Waals surface area (Å²) >= 11 is 6.09. The normalized spacial score (nSPS) is 15.0. The summed E-state index contributed by atoms with van der Waals surface area (Å²) < 4.78 is 38.7. The monoisotopic (exact) mass is 514 g/mol. The van der Waals surface area contributed by atoms with Crippen LogP contribution in [0.1, 0.15) is 22.8 Å². The molecule has 0 aliphatic carbocycles. The molecule has 182 valence electrons. The van der Waals surface area contributed by atoms with Crippen LogP contribution in [-0.4, -0.2) is 39.5 Å². The zero-order valence-corrected chi connectivity index (χ0v) is 20.4. The molecule has 3 aromatic rings. The SMILES string of the molecule is CCOC(=O)c1cc(NC(=O)C2CN(S(=O)(=O)Cc3ccccc3)c3ccccc3O2)ccc1Cl. The van der Waals surface area contributed by atoms with Gasteiger partial charge in [-0.05, 0) is 42.8 Å². The van der Waals surface area contributed by atoms with Crippen LogP contribution < -0.4 is 14.4 Å². The predicted molar refractivity (Wildman–Crippen MR) is 133 cm³/mol. The summed E-state index contributed by atoms with van der Waals surface area (Å²) in [5.74, 6) is -1.14. The summed E-state index contributed by atoms with van der Waals surface area (Å²) in [6.45, 7) is 1.64. The number of hydrogen-bond donors (Lipinski definition) is 1. The standard InChI is InChI=1S/C25H23ClN2O6S/c1-2-33-25(30)19-14-18(12-13-20(19)26)27-24(29)23-15-28(21-10-6-7-11-22(21)34-23)35(31,32)16-17-8-4-3-5-9-17/h3-14,23H,2,15-16H2,1H3,(H,27,29). The number of carbonyl (C=O) groups is 2. The maximum atomic E-state index is 13.3. The highest BCUT2D eigenvalue weighted by Gasteiger charge is 2.36. The Bertz CT molecular complexity index is 1350. The summed E-state index contributed by atoms with van der Waals surface area (Å²) in [6, 6.07) is 19.9. The molecule has 0 aromatic heterocycles. The van der Waals surface area contributed by atoms with E-state index in [1.165, 1.54) is 22.5 Å². The van der Waals surface area contributed by atoms with Crippen LogP contribution in [0.5, 0.6) is 5.75 Å². The first-order valence-electron chi connectivity index (χ1n) is 10.9. The molecule has 1 atom stereocenters. The average molecular weight is 515 g/mol. The lowest BCUT2D eigenvalue weighted by molar-refractivity contribution is -0.122. The second-order valence-electron chi connectivity index (χ2n) is 7.75. The van der Waals surface area contributed by atoms with E-state index >= 15 is 0 Å². The third kappa shape index (κ3) is 5.58. The molecule has 0 bridgehead atoms. The van der Waals surface area contributed by atoms with E-state index in [0.29, 0.717) is 16.9 Å². The summed E-state index contributed by atoms with van der Waals surface area (Å²) in [5.41, 5.74) is 1.39. The van der Waals surface area contributed by atoms with Gasteiger partial charge in [-0.3, -0.25) is 9.10 Å². The van der Waals surface area contributed by atoms with Gasteiger partial charge in [-0.15, -0.1) is 0 Å². The number of nitrogens with zero attached hydrogens (tertiary/aromatic N) is 1. The molecular formula is C25H23ClN2O6S. The van der Waals surface area contributed by atoms with Gasteiger partial charge in [0.1, 0.15) is 5.75 Å². The quantitative estimate of drug-likeness (QED) is 0.473. The molecule has 3 aromatic carbocycles. The fraction of sp³-hybridized carbons (Fsp3) is 0.200. The highest BCUT2D eigenvalue weighted by molar-refractivity contribution is 7.92. The van der Waals surface area contributed by atoms with Gasteiger partial charge in [-0.25, -0.2) is 13.2 Å². The number of rotatable bonds is 7. The fourth-order valence-corrected chi connectivity index (χ4v) is 5.43. The van der Waals surface area contributed by atoms with E-state index in [1.54, 1.807) is 55.5 Å². The lowest BCUT2D eigenvalue weighted by Crippen LogP contribution is -2.49. The van der Waals surface area contributed by atoms with Crippen LogP contribution in [-0.2, 0) is 25.3 Å². The maximum absolute atomic E-state index is 13.3. The summed E-state index contributed by atoms with van der Waals surface area (Å²) in [5, 5.41) is 2.86. The Labute approximate surface area is 208 Å². The van der Waals surface area contributed by atoms with Crippen LogP contribution in [0.15, 0.2) is 72.8 Å². The molecule has 0 saturated carbocycles. The molecular weight excluding hydrogens is 492 g/mol. The Morgan fingerprint density at radius 2 is 1.80 bits per heavy atom. The van der Waals surface area contributed by atoms with Gasteiger partial charge in [0.15, 0.2) is 6.10 Å². The number of anilines is 2. The molecule has 35 heavy (non-hydrogen) atoms. The molecule has 0 fully saturated rings. The molecule has 1 amide bonds. The summed E-state index contributed by atoms with van der Waals surface area (Å²) in [7, 11) is -3.82. The minimum atomic E-state index is -3.82. The molecule has 4 rings (SSSR count). The van der Waals surface area contributed by atoms with Crippen LogP contribution in [0, 0.1) is 0 Å². The van der Waals surface area contributed by atoms with Crippen molar-refractivity contribution < 1.29 is 27.5 Å². The van der Waals surface area contributed by atoms with Gasteiger partial charge in [-0.2, -0.15) is 0 Å². The van der Waals surface area contributed by atoms with Crippen molar-refractivity contribution in [1.82, 2.24) is 0 Å². The largest absolute Gasteiger partial charge is 0.476 e. The molecule has 10 heteroatoms. The van der Waals surface area contributed by atoms with Crippen molar-refractivity contribution in [2.24, 2.45) is 0 Å². The van der Waals surface area contributed by atoms with Gasteiger partial charge >= 0.3 is 5.97 Å². The number of ether oxygens (including phenoxy) is 2. The number of para-hydroxylation sites is 2. The van der Waals surface area contributed by atoms with Gasteiger partial charge in [0.05, 0.1) is 35.2 Å². The van der Waals surface area contributed by atoms with Crippen molar-refractivity contribution in [3.05, 3.63) is 88.9 Å². The fourth-order valence-electron chi connectivity index (χ4n) is 3.66. The predicted octanol–water partition coefficient (Wildman–Crippen LogP) is 4.25. The molecule has 0 radical (unpaired) electrons. The number of halogens is 1. The number of nitrogens with one attached hydrogen (secondary N) is 1. The summed E-state index contributed by atoms with van der Waals surface area (Å²) in [4.78, 5) is 25.2. The van der Waals surface area contributed by atoms with Gasteiger partial charge in [0.25, 0.3) is 5.91 Å². The lowest BCUT2D eigenvalue weighted by Gasteiger charge is -2.34. The smallest absolute Gasteiger partial charge is 0.339 e. The van der Waals surface area contributed by atoms with E-state index in [4.69, 9.17) is 21.1 Å². The highest BCUT2D eigenvalue weighted by Crippen LogP contribution is 2.36. The van der Waals surface area contributed by atoms with Crippen molar-refractivity contribution in [2.75, 3.05) is 22.8 Å². The van der Waals surface area contributed by atoms with Gasteiger partial charge < -0.3 is 14.8 Å². The molecule has 0 spiro atoms. The van der Waals surface area contributed by atoms with Crippen molar-refractivity contribution in [2.45, 2.75) is 18.8 Å². The Morgan fingerprint density at radius 3 is 2.54 bits per heavy atom. The lowest BCUT2D eigenvalue weighted by atomic mass is 10.2. The first kappa shape index (κ1) is 24.6. The number of carbonyl (C=O) groups excluding carboxylic acids is 2. The number of amides is 1. The number of fused-ring (bicyclic) bond motifs is 1. The van der Waals surface area contributed by atoms with E-state index in [0.717, 1.165) is 0 Å². The van der Waals surface area contributed by atoms with E-state index in [9.17, 15) is 18.0 Å². The summed E-state index contributed by atoms with van der Waals surface area (Å²) in [6.07, 6.45) is -1.13. The second kappa shape index (κ2) is 10.4. The number of benzene rings is 3. The molecule has 1 unspecified atom stereocenters. The highest BCUT2D eigenvalue weighted by atomic mass is 35.5. The van der Waals surface area contributed by atoms with Crippen molar-refractivity contribution in [1.29, 1.82) is 0 Å². The van der Waals surface area contributed by atoms with Gasteiger partial charge in [-0.1, -0.05) is 54.1 Å². The molecule has 8 nitrogen and oxygen atoms in total. The Balaban J connectivity index is 1.58. The number of esters is 1. The third-order valence-electron chi connectivity index (χ3n) is 5.28. The van der Waals surface area contributed by atoms with Crippen molar-refractivity contribution in [3.8, 4) is 5.75 Å². The van der Waals surface area contributed by atoms with Crippen molar-refractivity contribution >= 4 is 44.9 Å². The molecule has 1 heterocycles. The van der Waals surface area contributed by atoms with Crippen LogP contribution in [0.2, 0.25) is 5.02 Å². The minimum absolute atomic E-state index is 0.105. The molecule has 1 aliphatic heterocycles. The van der Waals surface area contributed by atoms with E-state index in [1.807, 2.05) is 6.07 Å². The molecule has 0 saturated heterocycles. The number of sulfonamides is 1. The zero-order chi connectivity index (χ0) is 25.0.